The molecule has 7 heteroatoms. The number of nitrogens with zero attached hydrogens (tertiary/aromatic N) is 1. The van der Waals surface area contributed by atoms with Gasteiger partial charge in [-0.25, -0.2) is 19.5 Å². The van der Waals surface area contributed by atoms with Gasteiger partial charge in [0.15, 0.2) is 12.1 Å². The highest BCUT2D eigenvalue weighted by Crippen LogP contribution is 2.25. The molecule has 0 saturated carbocycles. The average molecular weight is 422 g/mol. The van der Waals surface area contributed by atoms with E-state index < -0.39 is 11.1 Å². The van der Waals surface area contributed by atoms with Crippen LogP contribution >= 0.6 is 0 Å². The number of hydroxylamine groups is 1. The number of hydrogen-bond donors (Lipinski definition) is 2. The third-order valence-corrected chi connectivity index (χ3v) is 6.45. The molecular weight excluding hydrogens is 398 g/mol. The van der Waals surface area contributed by atoms with Crippen LogP contribution in [0, 0.1) is 6.92 Å². The summed E-state index contributed by atoms with van der Waals surface area (Å²) in [6.45, 7) is 3.01. The van der Waals surface area contributed by atoms with Crippen LogP contribution in [0.15, 0.2) is 70.6 Å². The largest absolute Gasteiger partial charge is 0.397 e. The summed E-state index contributed by atoms with van der Waals surface area (Å²) in [5.74, 6) is 1.32. The minimum absolute atomic E-state index is 0.189. The van der Waals surface area contributed by atoms with Crippen molar-refractivity contribution >= 4 is 27.7 Å². The molecule has 30 heavy (non-hydrogen) atoms. The maximum absolute atomic E-state index is 12.5. The minimum Gasteiger partial charge on any atom is -0.397 e. The smallest absolute Gasteiger partial charge is 0.240 e. The van der Waals surface area contributed by atoms with Crippen molar-refractivity contribution in [1.29, 1.82) is 0 Å². The van der Waals surface area contributed by atoms with Crippen LogP contribution in [0.2, 0.25) is 0 Å². The molecule has 2 aliphatic rings. The summed E-state index contributed by atoms with van der Waals surface area (Å²) in [6.07, 6.45) is 2.05. The first-order valence-corrected chi connectivity index (χ1v) is 11.2. The Bertz CT molecular complexity index is 1120. The quantitative estimate of drug-likeness (QED) is 0.659. The van der Waals surface area contributed by atoms with Crippen molar-refractivity contribution in [2.45, 2.75) is 36.9 Å². The molecule has 154 valence electrons. The van der Waals surface area contributed by atoms with Crippen LogP contribution in [0.4, 0.5) is 0 Å². The lowest BCUT2D eigenvalue weighted by molar-refractivity contribution is 0.0185. The average Bonchev–Trinajstić information content (AvgIpc) is 3.46. The van der Waals surface area contributed by atoms with Crippen LogP contribution in [0.3, 0.4) is 0 Å². The standard InChI is InChI=1S/C23H23N3O3S/c1-15-4-10-20(11-5-15)30(27)29-19-9-8-16-13-18(7-6-17(16)14-19)22-25-23(28-26-22)21-3-2-12-24-21/h4-11,13-14,21,23-24H,2-3,12H2,1H3,(H,25,26). The highest BCUT2D eigenvalue weighted by Gasteiger charge is 2.29. The molecule has 1 saturated heterocycles. The van der Waals surface area contributed by atoms with E-state index in [9.17, 15) is 4.21 Å². The van der Waals surface area contributed by atoms with Crippen molar-refractivity contribution in [3.63, 3.8) is 0 Å². The number of rotatable bonds is 5. The van der Waals surface area contributed by atoms with E-state index in [1.807, 2.05) is 61.5 Å². The van der Waals surface area contributed by atoms with Gasteiger partial charge in [0, 0.05) is 5.56 Å². The van der Waals surface area contributed by atoms with Crippen LogP contribution in [0.25, 0.3) is 10.8 Å². The minimum atomic E-state index is -1.55. The van der Waals surface area contributed by atoms with Gasteiger partial charge in [-0.05, 0) is 67.4 Å². The third kappa shape index (κ3) is 3.96. The number of aryl methyl sites for hydroxylation is 1. The summed E-state index contributed by atoms with van der Waals surface area (Å²) in [6, 6.07) is 19.5. The molecule has 3 aromatic rings. The molecule has 0 aliphatic carbocycles. The predicted molar refractivity (Wildman–Crippen MR) is 118 cm³/mol. The van der Waals surface area contributed by atoms with Crippen molar-refractivity contribution in [1.82, 2.24) is 10.8 Å². The van der Waals surface area contributed by atoms with Crippen LogP contribution in [-0.4, -0.2) is 28.9 Å². The number of benzene rings is 3. The molecule has 3 aromatic carbocycles. The molecule has 0 amide bonds. The highest BCUT2D eigenvalue weighted by atomic mass is 32.2. The highest BCUT2D eigenvalue weighted by molar-refractivity contribution is 7.80. The van der Waals surface area contributed by atoms with Crippen LogP contribution in [-0.2, 0) is 15.9 Å². The Labute approximate surface area is 177 Å². The molecule has 6 nitrogen and oxygen atoms in total. The fourth-order valence-corrected chi connectivity index (χ4v) is 4.50. The van der Waals surface area contributed by atoms with Gasteiger partial charge in [-0.3, -0.25) is 0 Å². The van der Waals surface area contributed by atoms with E-state index in [1.54, 1.807) is 0 Å². The molecule has 0 bridgehead atoms. The molecular formula is C23H23N3O3S. The fraction of sp³-hybridized carbons (Fsp3) is 0.261. The molecule has 2 aliphatic heterocycles. The zero-order chi connectivity index (χ0) is 20.5. The van der Waals surface area contributed by atoms with Crippen LogP contribution in [0.1, 0.15) is 24.0 Å². The lowest BCUT2D eigenvalue weighted by Gasteiger charge is -2.13. The number of fused-ring (bicyclic) bond motifs is 1. The van der Waals surface area contributed by atoms with E-state index in [2.05, 4.69) is 16.9 Å². The van der Waals surface area contributed by atoms with Gasteiger partial charge in [-0.2, -0.15) is 0 Å². The van der Waals surface area contributed by atoms with E-state index in [0.29, 0.717) is 10.6 Å². The van der Waals surface area contributed by atoms with E-state index >= 15 is 0 Å². The fourth-order valence-electron chi connectivity index (χ4n) is 3.76. The van der Waals surface area contributed by atoms with E-state index in [-0.39, 0.29) is 12.3 Å². The van der Waals surface area contributed by atoms with Gasteiger partial charge in [-0.15, -0.1) is 0 Å². The topological polar surface area (TPSA) is 72.0 Å². The number of nitrogens with one attached hydrogen (secondary N) is 2. The molecule has 3 unspecified atom stereocenters. The van der Waals surface area contributed by atoms with Gasteiger partial charge in [0.05, 0.1) is 10.9 Å². The maximum Gasteiger partial charge on any atom is 0.240 e. The summed E-state index contributed by atoms with van der Waals surface area (Å²) in [7, 11) is 0. The van der Waals surface area contributed by atoms with Gasteiger partial charge in [0.25, 0.3) is 0 Å². The van der Waals surface area contributed by atoms with Gasteiger partial charge < -0.3 is 9.50 Å². The van der Waals surface area contributed by atoms with E-state index in [1.165, 1.54) is 0 Å². The van der Waals surface area contributed by atoms with Gasteiger partial charge in [0.1, 0.15) is 5.75 Å². The second-order valence-corrected chi connectivity index (χ2v) is 8.75. The predicted octanol–water partition coefficient (Wildman–Crippen LogP) is 3.61. The first kappa shape index (κ1) is 19.2. The second-order valence-electron chi connectivity index (χ2n) is 7.65. The molecule has 3 atom stereocenters. The number of aliphatic imine (C=N–C) groups is 1. The van der Waals surface area contributed by atoms with Gasteiger partial charge in [-0.1, -0.05) is 35.9 Å². The zero-order valence-corrected chi connectivity index (χ0v) is 17.4. The third-order valence-electron chi connectivity index (χ3n) is 5.45. The molecule has 0 radical (unpaired) electrons. The van der Waals surface area contributed by atoms with Crippen molar-refractivity contribution in [3.8, 4) is 5.75 Å². The van der Waals surface area contributed by atoms with Crippen molar-refractivity contribution in [3.05, 3.63) is 71.8 Å². The molecule has 2 heterocycles. The normalized spacial score (nSPS) is 22.0. The van der Waals surface area contributed by atoms with Crippen molar-refractivity contribution in [2.75, 3.05) is 6.54 Å². The Morgan fingerprint density at radius 1 is 1.07 bits per heavy atom. The van der Waals surface area contributed by atoms with Crippen LogP contribution in [0.5, 0.6) is 5.75 Å². The Hall–Kier alpha value is -2.74. The Kier molecular flexibility index (Phi) is 5.25. The van der Waals surface area contributed by atoms with Crippen LogP contribution < -0.4 is 15.0 Å². The summed E-state index contributed by atoms with van der Waals surface area (Å²) in [5, 5.41) is 5.48. The summed E-state index contributed by atoms with van der Waals surface area (Å²) >= 11 is -1.55. The Morgan fingerprint density at radius 3 is 2.67 bits per heavy atom. The van der Waals surface area contributed by atoms with E-state index in [4.69, 9.17) is 14.0 Å². The molecule has 1 fully saturated rings. The maximum atomic E-state index is 12.5. The van der Waals surface area contributed by atoms with Gasteiger partial charge in [0.2, 0.25) is 11.1 Å². The Balaban J connectivity index is 1.33. The second kappa shape index (κ2) is 8.18. The first-order valence-electron chi connectivity index (χ1n) is 10.1. The Morgan fingerprint density at radius 2 is 1.87 bits per heavy atom. The number of hydrogen-bond acceptors (Lipinski definition) is 6. The molecule has 5 rings (SSSR count). The van der Waals surface area contributed by atoms with Gasteiger partial charge >= 0.3 is 0 Å². The summed E-state index contributed by atoms with van der Waals surface area (Å²) < 4.78 is 18.1. The lowest BCUT2D eigenvalue weighted by Crippen LogP contribution is -2.35. The first-order chi connectivity index (χ1) is 14.7. The lowest BCUT2D eigenvalue weighted by atomic mass is 10.1. The molecule has 0 aromatic heterocycles. The van der Waals surface area contributed by atoms with Crippen molar-refractivity contribution in [2.24, 2.45) is 4.99 Å². The monoisotopic (exact) mass is 421 g/mol. The zero-order valence-electron chi connectivity index (χ0n) is 16.6. The SMILES string of the molecule is Cc1ccc(S(=O)Oc2ccc3cc(C4=NC(C5CCCN5)ON4)ccc3c2)cc1. The summed E-state index contributed by atoms with van der Waals surface area (Å²) in [5.41, 5.74) is 5.06. The van der Waals surface area contributed by atoms with Crippen molar-refractivity contribution < 1.29 is 13.2 Å². The number of amidine groups is 1. The molecule has 2 N–H and O–H groups in total. The molecule has 0 spiro atoms. The van der Waals surface area contributed by atoms with E-state index in [0.717, 1.165) is 47.1 Å². The summed E-state index contributed by atoms with van der Waals surface area (Å²) in [4.78, 5) is 11.0.